The molecule has 0 heterocycles. The van der Waals surface area contributed by atoms with Gasteiger partial charge in [-0.3, -0.25) is 4.79 Å². The highest BCUT2D eigenvalue weighted by molar-refractivity contribution is 9.10. The predicted octanol–water partition coefficient (Wildman–Crippen LogP) is 2.32. The maximum Gasteiger partial charge on any atom is 0.236 e. The van der Waals surface area contributed by atoms with Crippen molar-refractivity contribution in [1.82, 2.24) is 4.90 Å². The first-order valence-corrected chi connectivity index (χ1v) is 5.28. The smallest absolute Gasteiger partial charge is 0.236 e. The van der Waals surface area contributed by atoms with E-state index in [9.17, 15) is 4.79 Å². The largest absolute Gasteiger partial charge is 0.341 e. The van der Waals surface area contributed by atoms with Gasteiger partial charge < -0.3 is 4.90 Å². The number of carbonyl (C=O) groups is 1. The van der Waals surface area contributed by atoms with Gasteiger partial charge in [0.1, 0.15) is 6.42 Å². The summed E-state index contributed by atoms with van der Waals surface area (Å²) in [6.07, 6.45) is -0.0625. The Bertz CT molecular complexity index is 381. The van der Waals surface area contributed by atoms with Gasteiger partial charge in [0.2, 0.25) is 5.91 Å². The lowest BCUT2D eigenvalue weighted by molar-refractivity contribution is -0.129. The molecular formula is C11H11BrN2O. The second-order valence-electron chi connectivity index (χ2n) is 3.21. The molecule has 0 atom stereocenters. The summed E-state index contributed by atoms with van der Waals surface area (Å²) in [5.41, 5.74) is 1.05. The van der Waals surface area contributed by atoms with E-state index in [1.807, 2.05) is 30.3 Å². The molecule has 1 aromatic rings. The topological polar surface area (TPSA) is 44.1 Å². The Morgan fingerprint density at radius 1 is 1.47 bits per heavy atom. The van der Waals surface area contributed by atoms with Crippen LogP contribution in [0.2, 0.25) is 0 Å². The van der Waals surface area contributed by atoms with Crippen molar-refractivity contribution in [2.24, 2.45) is 0 Å². The van der Waals surface area contributed by atoms with Crippen LogP contribution in [0.5, 0.6) is 0 Å². The molecule has 0 radical (unpaired) electrons. The lowest BCUT2D eigenvalue weighted by atomic mass is 10.2. The molecule has 0 saturated heterocycles. The summed E-state index contributed by atoms with van der Waals surface area (Å²) in [6, 6.07) is 9.59. The fourth-order valence-electron chi connectivity index (χ4n) is 1.15. The number of benzene rings is 1. The van der Waals surface area contributed by atoms with Gasteiger partial charge in [-0.2, -0.15) is 5.26 Å². The van der Waals surface area contributed by atoms with Crippen molar-refractivity contribution in [3.8, 4) is 6.07 Å². The molecule has 4 heteroatoms. The highest BCUT2D eigenvalue weighted by Crippen LogP contribution is 2.11. The van der Waals surface area contributed by atoms with Gasteiger partial charge in [0.05, 0.1) is 6.07 Å². The van der Waals surface area contributed by atoms with Gasteiger partial charge in [-0.15, -0.1) is 0 Å². The second kappa shape index (κ2) is 5.52. The fourth-order valence-corrected chi connectivity index (χ4v) is 1.42. The van der Waals surface area contributed by atoms with E-state index in [0.717, 1.165) is 10.0 Å². The van der Waals surface area contributed by atoms with Crippen LogP contribution < -0.4 is 0 Å². The third kappa shape index (κ3) is 3.72. The van der Waals surface area contributed by atoms with Gasteiger partial charge in [-0.1, -0.05) is 28.1 Å². The number of halogens is 1. The number of carbonyl (C=O) groups excluding carboxylic acids is 1. The Kier molecular flexibility index (Phi) is 4.32. The first-order valence-electron chi connectivity index (χ1n) is 4.49. The van der Waals surface area contributed by atoms with Crippen molar-refractivity contribution in [2.75, 3.05) is 7.05 Å². The Morgan fingerprint density at radius 2 is 2.07 bits per heavy atom. The van der Waals surface area contributed by atoms with Crippen LogP contribution in [0.15, 0.2) is 28.7 Å². The molecule has 0 aliphatic rings. The lowest BCUT2D eigenvalue weighted by Gasteiger charge is -2.15. The molecule has 0 bridgehead atoms. The standard InChI is InChI=1S/C11H11BrN2O/c1-14(11(15)6-7-13)8-9-2-4-10(12)5-3-9/h2-5H,6,8H2,1H3. The third-order valence-electron chi connectivity index (χ3n) is 1.99. The van der Waals surface area contributed by atoms with E-state index in [1.165, 1.54) is 0 Å². The van der Waals surface area contributed by atoms with E-state index < -0.39 is 0 Å². The molecule has 0 N–H and O–H groups in total. The molecular weight excluding hydrogens is 256 g/mol. The number of amides is 1. The van der Waals surface area contributed by atoms with Crippen LogP contribution in [0.3, 0.4) is 0 Å². The minimum absolute atomic E-state index is 0.0625. The van der Waals surface area contributed by atoms with Crippen LogP contribution in [-0.2, 0) is 11.3 Å². The molecule has 0 aliphatic heterocycles. The highest BCUT2D eigenvalue weighted by atomic mass is 79.9. The summed E-state index contributed by atoms with van der Waals surface area (Å²) >= 11 is 3.34. The molecule has 1 aromatic carbocycles. The number of nitriles is 1. The summed E-state index contributed by atoms with van der Waals surface area (Å²) in [5.74, 6) is -0.152. The Labute approximate surface area is 97.4 Å². The van der Waals surface area contributed by atoms with Crippen LogP contribution in [0.25, 0.3) is 0 Å². The molecule has 0 spiro atoms. The second-order valence-corrected chi connectivity index (χ2v) is 4.13. The number of hydrogen-bond donors (Lipinski definition) is 0. The van der Waals surface area contributed by atoms with Crippen molar-refractivity contribution in [1.29, 1.82) is 5.26 Å². The molecule has 15 heavy (non-hydrogen) atoms. The van der Waals surface area contributed by atoms with Crippen LogP contribution in [0.1, 0.15) is 12.0 Å². The molecule has 0 aliphatic carbocycles. The Balaban J connectivity index is 2.59. The van der Waals surface area contributed by atoms with Gasteiger partial charge in [-0.25, -0.2) is 0 Å². The van der Waals surface area contributed by atoms with Crippen LogP contribution in [-0.4, -0.2) is 17.9 Å². The van der Waals surface area contributed by atoms with Gasteiger partial charge in [0.25, 0.3) is 0 Å². The highest BCUT2D eigenvalue weighted by Gasteiger charge is 2.07. The summed E-state index contributed by atoms with van der Waals surface area (Å²) in [4.78, 5) is 12.9. The van der Waals surface area contributed by atoms with Crippen molar-refractivity contribution < 1.29 is 4.79 Å². The van der Waals surface area contributed by atoms with Crippen molar-refractivity contribution in [3.63, 3.8) is 0 Å². The number of hydrogen-bond acceptors (Lipinski definition) is 2. The van der Waals surface area contributed by atoms with E-state index in [1.54, 1.807) is 11.9 Å². The zero-order valence-electron chi connectivity index (χ0n) is 8.40. The van der Waals surface area contributed by atoms with Crippen molar-refractivity contribution in [3.05, 3.63) is 34.3 Å². The number of rotatable bonds is 3. The summed E-state index contributed by atoms with van der Waals surface area (Å²) in [7, 11) is 1.70. The summed E-state index contributed by atoms with van der Waals surface area (Å²) in [6.45, 7) is 0.536. The lowest BCUT2D eigenvalue weighted by Crippen LogP contribution is -2.25. The summed E-state index contributed by atoms with van der Waals surface area (Å²) < 4.78 is 1.01. The Hall–Kier alpha value is -1.34. The first kappa shape index (κ1) is 11.7. The van der Waals surface area contributed by atoms with Crippen LogP contribution >= 0.6 is 15.9 Å². The van der Waals surface area contributed by atoms with E-state index in [0.29, 0.717) is 6.54 Å². The Morgan fingerprint density at radius 3 is 2.60 bits per heavy atom. The van der Waals surface area contributed by atoms with E-state index in [4.69, 9.17) is 5.26 Å². The number of nitrogens with zero attached hydrogens (tertiary/aromatic N) is 2. The van der Waals surface area contributed by atoms with E-state index >= 15 is 0 Å². The maximum absolute atomic E-state index is 11.3. The predicted molar refractivity (Wildman–Crippen MR) is 60.8 cm³/mol. The van der Waals surface area contributed by atoms with Crippen molar-refractivity contribution >= 4 is 21.8 Å². The monoisotopic (exact) mass is 266 g/mol. The van der Waals surface area contributed by atoms with Crippen LogP contribution in [0, 0.1) is 11.3 Å². The maximum atomic E-state index is 11.3. The molecule has 3 nitrogen and oxygen atoms in total. The molecule has 0 fully saturated rings. The fraction of sp³-hybridized carbons (Fsp3) is 0.273. The normalized spacial score (nSPS) is 9.40. The van der Waals surface area contributed by atoms with Gasteiger partial charge >= 0.3 is 0 Å². The average Bonchev–Trinajstić information content (AvgIpc) is 2.22. The van der Waals surface area contributed by atoms with Gasteiger partial charge in [0.15, 0.2) is 0 Å². The molecule has 0 saturated carbocycles. The van der Waals surface area contributed by atoms with Gasteiger partial charge in [0, 0.05) is 18.1 Å². The molecule has 78 valence electrons. The molecule has 1 amide bonds. The molecule has 0 aromatic heterocycles. The SMILES string of the molecule is CN(Cc1ccc(Br)cc1)C(=O)CC#N. The van der Waals surface area contributed by atoms with Crippen LogP contribution in [0.4, 0.5) is 0 Å². The van der Waals surface area contributed by atoms with Gasteiger partial charge in [-0.05, 0) is 17.7 Å². The molecule has 1 rings (SSSR count). The quantitative estimate of drug-likeness (QED) is 0.843. The first-order chi connectivity index (χ1) is 7.13. The third-order valence-corrected chi connectivity index (χ3v) is 2.52. The zero-order valence-corrected chi connectivity index (χ0v) is 9.99. The zero-order chi connectivity index (χ0) is 11.3. The minimum Gasteiger partial charge on any atom is -0.341 e. The average molecular weight is 267 g/mol. The molecule has 0 unspecified atom stereocenters. The van der Waals surface area contributed by atoms with E-state index in [2.05, 4.69) is 15.9 Å². The minimum atomic E-state index is -0.152. The summed E-state index contributed by atoms with van der Waals surface area (Å²) in [5, 5.41) is 8.38. The van der Waals surface area contributed by atoms with E-state index in [-0.39, 0.29) is 12.3 Å². The van der Waals surface area contributed by atoms with Crippen molar-refractivity contribution in [2.45, 2.75) is 13.0 Å².